The number of ether oxygens (including phenoxy) is 1. The highest BCUT2D eigenvalue weighted by Crippen LogP contribution is 2.20. The number of aliphatic carboxylic acids is 1. The van der Waals surface area contributed by atoms with E-state index in [4.69, 9.17) is 9.84 Å². The van der Waals surface area contributed by atoms with Crippen LogP contribution < -0.4 is 0 Å². The fourth-order valence-electron chi connectivity index (χ4n) is 2.37. The third-order valence-electron chi connectivity index (χ3n) is 3.28. The summed E-state index contributed by atoms with van der Waals surface area (Å²) in [6, 6.07) is 10.2. The lowest BCUT2D eigenvalue weighted by Gasteiger charge is -2.14. The van der Waals surface area contributed by atoms with Gasteiger partial charge >= 0.3 is 5.97 Å². The van der Waals surface area contributed by atoms with E-state index in [0.29, 0.717) is 19.6 Å². The van der Waals surface area contributed by atoms with Crippen molar-refractivity contribution in [3.05, 3.63) is 36.0 Å². The Balaban J connectivity index is 2.17. The van der Waals surface area contributed by atoms with E-state index in [-0.39, 0.29) is 0 Å². The first-order chi connectivity index (χ1) is 9.13. The summed E-state index contributed by atoms with van der Waals surface area (Å²) in [5.74, 6) is -0.893. The van der Waals surface area contributed by atoms with Crippen molar-refractivity contribution < 1.29 is 14.6 Å². The second kappa shape index (κ2) is 5.89. The molecule has 0 fully saturated rings. The molecule has 0 saturated heterocycles. The molecule has 102 valence electrons. The largest absolute Gasteiger partial charge is 0.479 e. The van der Waals surface area contributed by atoms with Gasteiger partial charge < -0.3 is 14.4 Å². The van der Waals surface area contributed by atoms with Crippen LogP contribution in [0.4, 0.5) is 0 Å². The average Bonchev–Trinajstić information content (AvgIpc) is 2.70. The number of hydrogen-bond acceptors (Lipinski definition) is 2. The number of carboxylic acid groups (broad SMARTS) is 1. The van der Waals surface area contributed by atoms with Crippen molar-refractivity contribution >= 4 is 16.9 Å². The molecule has 0 saturated carbocycles. The number of rotatable bonds is 6. The van der Waals surface area contributed by atoms with Crippen molar-refractivity contribution in [2.75, 3.05) is 6.61 Å². The summed E-state index contributed by atoms with van der Waals surface area (Å²) in [4.78, 5) is 11.1. The van der Waals surface area contributed by atoms with Crippen LogP contribution in [-0.2, 0) is 16.1 Å². The summed E-state index contributed by atoms with van der Waals surface area (Å²) in [5.41, 5.74) is 2.28. The number of hydrogen-bond donors (Lipinski definition) is 1. The molecule has 0 amide bonds. The fraction of sp³-hybridized carbons (Fsp3) is 0.400. The molecule has 2 aromatic rings. The van der Waals surface area contributed by atoms with Gasteiger partial charge in [0.25, 0.3) is 0 Å². The predicted molar refractivity (Wildman–Crippen MR) is 74.3 cm³/mol. The average molecular weight is 261 g/mol. The summed E-state index contributed by atoms with van der Waals surface area (Å²) in [6.45, 7) is 4.92. The van der Waals surface area contributed by atoms with Gasteiger partial charge in [0, 0.05) is 30.8 Å². The third-order valence-corrected chi connectivity index (χ3v) is 3.28. The number of fused-ring (bicyclic) bond motifs is 1. The van der Waals surface area contributed by atoms with Crippen molar-refractivity contribution in [1.82, 2.24) is 4.57 Å². The topological polar surface area (TPSA) is 51.5 Å². The molecule has 1 atom stereocenters. The van der Waals surface area contributed by atoms with Crippen LogP contribution in [0.3, 0.4) is 0 Å². The molecular formula is C15H19NO3. The van der Waals surface area contributed by atoms with Crippen molar-refractivity contribution in [2.45, 2.75) is 32.9 Å². The Labute approximate surface area is 112 Å². The third kappa shape index (κ3) is 2.96. The molecule has 0 aliphatic carbocycles. The molecule has 1 aromatic heterocycles. The molecule has 1 heterocycles. The number of nitrogens with zero attached hydrogens (tertiary/aromatic N) is 1. The van der Waals surface area contributed by atoms with Crippen molar-refractivity contribution in [3.63, 3.8) is 0 Å². The van der Waals surface area contributed by atoms with Gasteiger partial charge in [-0.25, -0.2) is 4.79 Å². The number of carboxylic acids is 1. The number of aromatic nitrogens is 1. The van der Waals surface area contributed by atoms with Gasteiger partial charge in [-0.15, -0.1) is 0 Å². The summed E-state index contributed by atoms with van der Waals surface area (Å²) >= 11 is 0. The van der Waals surface area contributed by atoms with Gasteiger partial charge in [0.05, 0.1) is 0 Å². The number of para-hydroxylation sites is 1. The van der Waals surface area contributed by atoms with Gasteiger partial charge in [-0.2, -0.15) is 0 Å². The van der Waals surface area contributed by atoms with Crippen molar-refractivity contribution in [2.24, 2.45) is 0 Å². The minimum atomic E-state index is -0.893. The van der Waals surface area contributed by atoms with Crippen molar-refractivity contribution in [1.29, 1.82) is 0 Å². The van der Waals surface area contributed by atoms with E-state index in [1.54, 1.807) is 0 Å². The summed E-state index contributed by atoms with van der Waals surface area (Å²) in [5, 5.41) is 10.3. The molecule has 1 aromatic carbocycles. The minimum Gasteiger partial charge on any atom is -0.479 e. The maximum absolute atomic E-state index is 11.1. The monoisotopic (exact) mass is 261 g/mol. The SMILES string of the molecule is CCOC(CCn1c(C)cc2ccccc21)C(=O)O. The molecule has 4 nitrogen and oxygen atoms in total. The predicted octanol–water partition coefficient (Wildman–Crippen LogP) is 2.83. The number of benzene rings is 1. The van der Waals surface area contributed by atoms with Gasteiger partial charge in [0.2, 0.25) is 0 Å². The van der Waals surface area contributed by atoms with E-state index >= 15 is 0 Å². The maximum Gasteiger partial charge on any atom is 0.332 e. The fourth-order valence-corrected chi connectivity index (χ4v) is 2.37. The van der Waals surface area contributed by atoms with Crippen LogP contribution in [0.2, 0.25) is 0 Å². The quantitative estimate of drug-likeness (QED) is 0.870. The first-order valence-electron chi connectivity index (χ1n) is 6.52. The Morgan fingerprint density at radius 3 is 2.84 bits per heavy atom. The molecule has 0 spiro atoms. The van der Waals surface area contributed by atoms with Crippen LogP contribution in [0.5, 0.6) is 0 Å². The Morgan fingerprint density at radius 2 is 2.16 bits per heavy atom. The minimum absolute atomic E-state index is 0.419. The van der Waals surface area contributed by atoms with Crippen molar-refractivity contribution in [3.8, 4) is 0 Å². The molecule has 2 rings (SSSR count). The molecule has 0 bridgehead atoms. The van der Waals surface area contributed by atoms with E-state index in [9.17, 15) is 4.79 Å². The molecule has 19 heavy (non-hydrogen) atoms. The molecule has 0 aliphatic rings. The second-order valence-corrected chi connectivity index (χ2v) is 4.57. The van der Waals surface area contributed by atoms with E-state index in [1.165, 1.54) is 5.39 Å². The van der Waals surface area contributed by atoms with E-state index < -0.39 is 12.1 Å². The zero-order chi connectivity index (χ0) is 13.8. The highest BCUT2D eigenvalue weighted by atomic mass is 16.5. The maximum atomic E-state index is 11.1. The molecule has 0 aliphatic heterocycles. The van der Waals surface area contributed by atoms with E-state index in [2.05, 4.69) is 22.8 Å². The lowest BCUT2D eigenvalue weighted by atomic mass is 10.2. The second-order valence-electron chi connectivity index (χ2n) is 4.57. The van der Waals surface area contributed by atoms with Gasteiger partial charge in [0.15, 0.2) is 6.10 Å². The van der Waals surface area contributed by atoms with Gasteiger partial charge in [-0.1, -0.05) is 18.2 Å². The first kappa shape index (κ1) is 13.6. The highest BCUT2D eigenvalue weighted by molar-refractivity contribution is 5.81. The molecule has 1 N–H and O–H groups in total. The summed E-state index contributed by atoms with van der Waals surface area (Å²) < 4.78 is 7.38. The number of aryl methyl sites for hydroxylation is 2. The molecule has 0 radical (unpaired) electrons. The van der Waals surface area contributed by atoms with Crippen LogP contribution in [0.15, 0.2) is 30.3 Å². The lowest BCUT2D eigenvalue weighted by Crippen LogP contribution is -2.25. The normalized spacial score (nSPS) is 12.7. The van der Waals surface area contributed by atoms with Crippen LogP contribution >= 0.6 is 0 Å². The summed E-state index contributed by atoms with van der Waals surface area (Å²) in [6.07, 6.45) is -0.256. The first-order valence-corrected chi connectivity index (χ1v) is 6.52. The lowest BCUT2D eigenvalue weighted by molar-refractivity contribution is -0.150. The van der Waals surface area contributed by atoms with Crippen LogP contribution in [-0.4, -0.2) is 28.4 Å². The summed E-state index contributed by atoms with van der Waals surface area (Å²) in [7, 11) is 0. The highest BCUT2D eigenvalue weighted by Gasteiger charge is 2.17. The molecular weight excluding hydrogens is 242 g/mol. The Bertz CT molecular complexity index is 574. The van der Waals surface area contributed by atoms with Crippen LogP contribution in [0, 0.1) is 6.92 Å². The smallest absolute Gasteiger partial charge is 0.332 e. The van der Waals surface area contributed by atoms with E-state index in [1.807, 2.05) is 26.0 Å². The van der Waals surface area contributed by atoms with Gasteiger partial charge in [-0.3, -0.25) is 0 Å². The Kier molecular flexibility index (Phi) is 4.22. The Hall–Kier alpha value is -1.81. The zero-order valence-corrected chi connectivity index (χ0v) is 11.3. The molecule has 4 heteroatoms. The van der Waals surface area contributed by atoms with Crippen LogP contribution in [0.1, 0.15) is 19.0 Å². The standard InChI is InChI=1S/C15H19NO3/c1-3-19-14(15(17)18)8-9-16-11(2)10-12-6-4-5-7-13(12)16/h4-7,10,14H,3,8-9H2,1-2H3,(H,17,18). The zero-order valence-electron chi connectivity index (χ0n) is 11.3. The van der Waals surface area contributed by atoms with Gasteiger partial charge in [0.1, 0.15) is 0 Å². The Morgan fingerprint density at radius 1 is 1.42 bits per heavy atom. The van der Waals surface area contributed by atoms with E-state index in [0.717, 1.165) is 11.2 Å². The van der Waals surface area contributed by atoms with Gasteiger partial charge in [-0.05, 0) is 31.4 Å². The molecule has 1 unspecified atom stereocenters. The number of carbonyl (C=O) groups is 1. The van der Waals surface area contributed by atoms with Crippen LogP contribution in [0.25, 0.3) is 10.9 Å².